The molecule has 0 atom stereocenters. The number of aromatic nitrogens is 2. The lowest BCUT2D eigenvalue weighted by Crippen LogP contribution is -2.35. The van der Waals surface area contributed by atoms with Crippen molar-refractivity contribution in [1.82, 2.24) is 10.2 Å². The summed E-state index contributed by atoms with van der Waals surface area (Å²) in [5.41, 5.74) is 2.33. The van der Waals surface area contributed by atoms with E-state index in [1.54, 1.807) is 6.07 Å². The number of rotatable bonds is 4. The van der Waals surface area contributed by atoms with Gasteiger partial charge in [-0.1, -0.05) is 65.9 Å². The highest BCUT2D eigenvalue weighted by atomic mass is 32.1. The van der Waals surface area contributed by atoms with E-state index in [-0.39, 0.29) is 18.4 Å². The lowest BCUT2D eigenvalue weighted by atomic mass is 10.1. The van der Waals surface area contributed by atoms with Crippen molar-refractivity contribution in [3.63, 3.8) is 0 Å². The van der Waals surface area contributed by atoms with Gasteiger partial charge in [0.2, 0.25) is 11.0 Å². The van der Waals surface area contributed by atoms with Gasteiger partial charge < -0.3 is 0 Å². The molecule has 0 saturated carbocycles. The maximum atomic E-state index is 12.8. The fourth-order valence-electron chi connectivity index (χ4n) is 3.41. The monoisotopic (exact) mass is 386 g/mol. The molecule has 0 saturated heterocycles. The summed E-state index contributed by atoms with van der Waals surface area (Å²) >= 11 is 1.30. The molecule has 28 heavy (non-hydrogen) atoms. The van der Waals surface area contributed by atoms with Crippen LogP contribution in [0.2, 0.25) is 0 Å². The molecule has 1 aliphatic heterocycles. The zero-order valence-electron chi connectivity index (χ0n) is 14.6. The molecule has 7 heteroatoms. The quantitative estimate of drug-likeness (QED) is 0.576. The highest BCUT2D eigenvalue weighted by Gasteiger charge is 2.31. The van der Waals surface area contributed by atoms with Gasteiger partial charge in [0, 0.05) is 16.5 Å². The van der Waals surface area contributed by atoms with E-state index in [1.165, 1.54) is 16.2 Å². The van der Waals surface area contributed by atoms with Crippen molar-refractivity contribution < 1.29 is 9.59 Å². The highest BCUT2D eigenvalue weighted by Crippen LogP contribution is 2.37. The van der Waals surface area contributed by atoms with Crippen LogP contribution in [-0.4, -0.2) is 28.6 Å². The fourth-order valence-corrected chi connectivity index (χ4v) is 4.17. The van der Waals surface area contributed by atoms with Crippen LogP contribution < -0.4 is 10.2 Å². The number of amides is 2. The second-order valence-electron chi connectivity index (χ2n) is 6.40. The molecule has 1 N–H and O–H groups in total. The highest BCUT2D eigenvalue weighted by molar-refractivity contribution is 7.18. The third kappa shape index (κ3) is 2.73. The minimum absolute atomic E-state index is 0.0765. The van der Waals surface area contributed by atoms with Crippen LogP contribution in [0.5, 0.6) is 0 Å². The molecule has 2 heterocycles. The number of carbonyl (C=O) groups is 2. The molecule has 4 aromatic rings. The number of benzene rings is 3. The van der Waals surface area contributed by atoms with Gasteiger partial charge in [-0.15, -0.1) is 10.2 Å². The lowest BCUT2D eigenvalue weighted by molar-refractivity contribution is -0.114. The summed E-state index contributed by atoms with van der Waals surface area (Å²) in [7, 11) is 0. The van der Waals surface area contributed by atoms with Crippen molar-refractivity contribution in [2.24, 2.45) is 0 Å². The SMILES string of the molecule is O=C(CN1C(=O)c2cccc3cccc1c23)Nc1nnc(-c2ccccc2)s1. The topological polar surface area (TPSA) is 75.2 Å². The van der Waals surface area contributed by atoms with Crippen molar-refractivity contribution in [1.29, 1.82) is 0 Å². The van der Waals surface area contributed by atoms with Crippen LogP contribution >= 0.6 is 11.3 Å². The predicted octanol–water partition coefficient (Wildman–Crippen LogP) is 3.96. The maximum absolute atomic E-state index is 12.8. The summed E-state index contributed by atoms with van der Waals surface area (Å²) < 4.78 is 0. The van der Waals surface area contributed by atoms with Crippen LogP contribution in [0, 0.1) is 0 Å². The molecule has 2 amide bonds. The average Bonchev–Trinajstić information content (AvgIpc) is 3.29. The number of hydrogen-bond donors (Lipinski definition) is 1. The Kier molecular flexibility index (Phi) is 3.87. The van der Waals surface area contributed by atoms with E-state index in [0.717, 1.165) is 27.0 Å². The molecule has 136 valence electrons. The van der Waals surface area contributed by atoms with Gasteiger partial charge in [-0.05, 0) is 17.5 Å². The Labute approximate surface area is 164 Å². The van der Waals surface area contributed by atoms with Crippen LogP contribution in [0.3, 0.4) is 0 Å². The summed E-state index contributed by atoms with van der Waals surface area (Å²) in [6.07, 6.45) is 0. The molecular weight excluding hydrogens is 372 g/mol. The van der Waals surface area contributed by atoms with Gasteiger partial charge in [-0.3, -0.25) is 19.8 Å². The molecule has 0 radical (unpaired) electrons. The lowest BCUT2D eigenvalue weighted by Gasteiger charge is -2.16. The number of hydrogen-bond acceptors (Lipinski definition) is 5. The van der Waals surface area contributed by atoms with Crippen molar-refractivity contribution in [3.8, 4) is 10.6 Å². The van der Waals surface area contributed by atoms with E-state index < -0.39 is 0 Å². The van der Waals surface area contributed by atoms with Crippen molar-refractivity contribution in [2.75, 3.05) is 16.8 Å². The van der Waals surface area contributed by atoms with Gasteiger partial charge >= 0.3 is 0 Å². The molecule has 1 aliphatic rings. The Morgan fingerprint density at radius 2 is 1.75 bits per heavy atom. The summed E-state index contributed by atoms with van der Waals surface area (Å²) in [5.74, 6) is -0.474. The molecule has 0 unspecified atom stereocenters. The normalized spacial score (nSPS) is 12.6. The summed E-state index contributed by atoms with van der Waals surface area (Å²) in [6.45, 7) is -0.0765. The molecule has 0 spiro atoms. The van der Waals surface area contributed by atoms with E-state index in [9.17, 15) is 9.59 Å². The Bertz CT molecular complexity index is 1210. The zero-order chi connectivity index (χ0) is 19.1. The Balaban J connectivity index is 1.35. The van der Waals surface area contributed by atoms with Gasteiger partial charge in [0.15, 0.2) is 0 Å². The van der Waals surface area contributed by atoms with Gasteiger partial charge in [0.05, 0.1) is 5.69 Å². The van der Waals surface area contributed by atoms with Crippen LogP contribution in [-0.2, 0) is 4.79 Å². The molecule has 0 bridgehead atoms. The van der Waals surface area contributed by atoms with Crippen LogP contribution in [0.15, 0.2) is 66.7 Å². The molecule has 3 aromatic carbocycles. The van der Waals surface area contributed by atoms with Crippen molar-refractivity contribution >= 4 is 44.7 Å². The average molecular weight is 386 g/mol. The number of nitrogens with one attached hydrogen (secondary N) is 1. The second-order valence-corrected chi connectivity index (χ2v) is 7.38. The van der Waals surface area contributed by atoms with E-state index >= 15 is 0 Å². The first-order chi connectivity index (χ1) is 13.7. The first kappa shape index (κ1) is 16.6. The molecule has 5 rings (SSSR count). The molecular formula is C21H14N4O2S. The number of anilines is 2. The Morgan fingerprint density at radius 3 is 2.57 bits per heavy atom. The van der Waals surface area contributed by atoms with Gasteiger partial charge in [0.1, 0.15) is 11.6 Å². The summed E-state index contributed by atoms with van der Waals surface area (Å²) in [6, 6.07) is 21.0. The molecule has 6 nitrogen and oxygen atoms in total. The Morgan fingerprint density at radius 1 is 0.964 bits per heavy atom. The van der Waals surface area contributed by atoms with Gasteiger partial charge in [-0.25, -0.2) is 0 Å². The minimum atomic E-state index is -0.311. The van der Waals surface area contributed by atoms with E-state index in [1.807, 2.05) is 60.7 Å². The third-order valence-corrected chi connectivity index (χ3v) is 5.53. The third-order valence-electron chi connectivity index (χ3n) is 4.64. The van der Waals surface area contributed by atoms with E-state index in [0.29, 0.717) is 10.7 Å². The van der Waals surface area contributed by atoms with Crippen LogP contribution in [0.4, 0.5) is 10.8 Å². The van der Waals surface area contributed by atoms with E-state index in [2.05, 4.69) is 15.5 Å². The first-order valence-electron chi connectivity index (χ1n) is 8.73. The largest absolute Gasteiger partial charge is 0.299 e. The molecule has 0 aliphatic carbocycles. The van der Waals surface area contributed by atoms with Crippen LogP contribution in [0.1, 0.15) is 10.4 Å². The standard InChI is InChI=1S/C21H14N4O2S/c26-17(22-21-24-23-19(28-21)14-6-2-1-3-7-14)12-25-16-11-5-9-13-8-4-10-15(18(13)16)20(25)27/h1-11H,12H2,(H,22,24,26). The van der Waals surface area contributed by atoms with Gasteiger partial charge in [0.25, 0.3) is 5.91 Å². The summed E-state index contributed by atoms with van der Waals surface area (Å²) in [4.78, 5) is 26.8. The van der Waals surface area contributed by atoms with Crippen LogP contribution in [0.25, 0.3) is 21.3 Å². The van der Waals surface area contributed by atoms with Crippen molar-refractivity contribution in [3.05, 3.63) is 72.3 Å². The Hall–Kier alpha value is -3.58. The van der Waals surface area contributed by atoms with E-state index in [4.69, 9.17) is 0 Å². The number of carbonyl (C=O) groups excluding carboxylic acids is 2. The predicted molar refractivity (Wildman–Crippen MR) is 110 cm³/mol. The maximum Gasteiger partial charge on any atom is 0.259 e. The smallest absolute Gasteiger partial charge is 0.259 e. The molecule has 1 aromatic heterocycles. The van der Waals surface area contributed by atoms with Crippen molar-refractivity contribution in [2.45, 2.75) is 0 Å². The fraction of sp³-hybridized carbons (Fsp3) is 0.0476. The number of nitrogens with zero attached hydrogens (tertiary/aromatic N) is 3. The first-order valence-corrected chi connectivity index (χ1v) is 9.55. The minimum Gasteiger partial charge on any atom is -0.299 e. The molecule has 0 fully saturated rings. The zero-order valence-corrected chi connectivity index (χ0v) is 15.4. The second kappa shape index (κ2) is 6.54. The van der Waals surface area contributed by atoms with Gasteiger partial charge in [-0.2, -0.15) is 0 Å². The summed E-state index contributed by atoms with van der Waals surface area (Å²) in [5, 5.41) is 13.9.